The van der Waals surface area contributed by atoms with Gasteiger partial charge in [-0.2, -0.15) is 0 Å². The van der Waals surface area contributed by atoms with Crippen LogP contribution < -0.4 is 5.73 Å². The van der Waals surface area contributed by atoms with E-state index in [0.29, 0.717) is 6.42 Å². The average molecular weight is 186 g/mol. The largest absolute Gasteiger partial charge is 0.481 e. The highest BCUT2D eigenvalue weighted by Crippen LogP contribution is 2.05. The van der Waals surface area contributed by atoms with Crippen LogP contribution in [0.25, 0.3) is 0 Å². The first-order chi connectivity index (χ1) is 5.93. The molecule has 0 aliphatic carbocycles. The zero-order chi connectivity index (χ0) is 10.4. The normalized spacial score (nSPS) is 12.9. The van der Waals surface area contributed by atoms with Gasteiger partial charge in [-0.25, -0.2) is 0 Å². The highest BCUT2D eigenvalue weighted by molar-refractivity contribution is 5.84. The van der Waals surface area contributed by atoms with Crippen LogP contribution in [0.15, 0.2) is 0 Å². The van der Waals surface area contributed by atoms with E-state index in [1.807, 2.05) is 6.92 Å². The lowest BCUT2D eigenvalue weighted by atomic mass is 9.99. The van der Waals surface area contributed by atoms with Crippen molar-refractivity contribution in [1.29, 1.82) is 0 Å². The van der Waals surface area contributed by atoms with E-state index in [9.17, 15) is 9.59 Å². The number of hydrogen-bond donors (Lipinski definition) is 2. The summed E-state index contributed by atoms with van der Waals surface area (Å²) in [7, 11) is 0. The van der Waals surface area contributed by atoms with Crippen LogP contribution in [0.1, 0.15) is 26.2 Å². The molecule has 0 fully saturated rings. The Bertz CT molecular complexity index is 189. The van der Waals surface area contributed by atoms with E-state index >= 15 is 0 Å². The predicted molar refractivity (Wildman–Crippen MR) is 49.0 cm³/mol. The monoisotopic (exact) mass is 186 g/mol. The fourth-order valence-electron chi connectivity index (χ4n) is 0.935. The number of rotatable bonds is 6. The van der Waals surface area contributed by atoms with Crippen LogP contribution in [0, 0.1) is 12.8 Å². The van der Waals surface area contributed by atoms with Gasteiger partial charge in [0.15, 0.2) is 0 Å². The Balaban J connectivity index is 3.76. The number of hydrogen-bond acceptors (Lipinski definition) is 3. The quantitative estimate of drug-likeness (QED) is 0.636. The third-order valence-corrected chi connectivity index (χ3v) is 1.63. The SMILES string of the molecule is [CH2]C(C)CC(=O)[C@@H](N)CCC(=O)O. The van der Waals surface area contributed by atoms with Gasteiger partial charge >= 0.3 is 5.97 Å². The summed E-state index contributed by atoms with van der Waals surface area (Å²) in [5.74, 6) is -1.00. The van der Waals surface area contributed by atoms with E-state index < -0.39 is 12.0 Å². The fourth-order valence-corrected chi connectivity index (χ4v) is 0.935. The number of carbonyl (C=O) groups is 2. The molecule has 0 rings (SSSR count). The van der Waals surface area contributed by atoms with Gasteiger partial charge in [0.05, 0.1) is 6.04 Å². The van der Waals surface area contributed by atoms with Gasteiger partial charge < -0.3 is 10.8 Å². The second kappa shape index (κ2) is 5.70. The summed E-state index contributed by atoms with van der Waals surface area (Å²) in [6, 6.07) is -0.653. The van der Waals surface area contributed by atoms with Crippen molar-refractivity contribution in [1.82, 2.24) is 0 Å². The number of nitrogens with two attached hydrogens (primary N) is 1. The maximum Gasteiger partial charge on any atom is 0.303 e. The summed E-state index contributed by atoms with van der Waals surface area (Å²) in [6.45, 7) is 5.48. The molecule has 0 saturated heterocycles. The Hall–Kier alpha value is -0.900. The molecular formula is C9H16NO3. The molecule has 0 aliphatic rings. The lowest BCUT2D eigenvalue weighted by Gasteiger charge is -2.10. The van der Waals surface area contributed by atoms with Crippen molar-refractivity contribution in [3.63, 3.8) is 0 Å². The Kier molecular flexibility index (Phi) is 5.30. The average Bonchev–Trinajstić information content (AvgIpc) is 1.98. The molecule has 4 heteroatoms. The van der Waals surface area contributed by atoms with Crippen molar-refractivity contribution in [2.45, 2.75) is 32.2 Å². The van der Waals surface area contributed by atoms with Gasteiger partial charge in [-0.3, -0.25) is 9.59 Å². The van der Waals surface area contributed by atoms with E-state index in [4.69, 9.17) is 10.8 Å². The van der Waals surface area contributed by atoms with E-state index in [1.54, 1.807) is 0 Å². The molecule has 0 aliphatic heterocycles. The lowest BCUT2D eigenvalue weighted by molar-refractivity contribution is -0.137. The van der Waals surface area contributed by atoms with Crippen LogP contribution in [0.5, 0.6) is 0 Å². The maximum absolute atomic E-state index is 11.2. The number of Topliss-reactive ketones (excluding diaryl/α,β-unsaturated/α-hetero) is 1. The van der Waals surface area contributed by atoms with Gasteiger partial charge in [0.25, 0.3) is 0 Å². The Morgan fingerprint density at radius 1 is 1.54 bits per heavy atom. The first kappa shape index (κ1) is 12.1. The summed E-state index contributed by atoms with van der Waals surface area (Å²) >= 11 is 0. The van der Waals surface area contributed by atoms with Crippen LogP contribution in [0.3, 0.4) is 0 Å². The summed E-state index contributed by atoms with van der Waals surface area (Å²) in [4.78, 5) is 21.4. The van der Waals surface area contributed by atoms with Gasteiger partial charge in [0.2, 0.25) is 0 Å². The summed E-state index contributed by atoms with van der Waals surface area (Å²) in [6.07, 6.45) is 0.472. The molecule has 0 spiro atoms. The van der Waals surface area contributed by atoms with Crippen LogP contribution in [-0.2, 0) is 9.59 Å². The van der Waals surface area contributed by atoms with E-state index in [-0.39, 0.29) is 24.5 Å². The second-order valence-electron chi connectivity index (χ2n) is 3.31. The van der Waals surface area contributed by atoms with E-state index in [0.717, 1.165) is 0 Å². The van der Waals surface area contributed by atoms with E-state index in [2.05, 4.69) is 6.92 Å². The number of ketones is 1. The molecule has 0 aromatic carbocycles. The molecule has 3 N–H and O–H groups in total. The van der Waals surface area contributed by atoms with Gasteiger partial charge in [0.1, 0.15) is 5.78 Å². The van der Waals surface area contributed by atoms with Crippen LogP contribution in [-0.4, -0.2) is 22.9 Å². The number of carbonyl (C=O) groups excluding carboxylic acids is 1. The van der Waals surface area contributed by atoms with Crippen LogP contribution in [0.4, 0.5) is 0 Å². The first-order valence-corrected chi connectivity index (χ1v) is 4.26. The van der Waals surface area contributed by atoms with Crippen molar-refractivity contribution in [2.75, 3.05) is 0 Å². The number of aliphatic carboxylic acids is 1. The third kappa shape index (κ3) is 6.28. The molecule has 0 aromatic heterocycles. The zero-order valence-electron chi connectivity index (χ0n) is 7.82. The molecular weight excluding hydrogens is 170 g/mol. The molecule has 75 valence electrons. The minimum absolute atomic E-state index is 0.0309. The second-order valence-corrected chi connectivity index (χ2v) is 3.31. The summed E-state index contributed by atoms with van der Waals surface area (Å²) in [5.41, 5.74) is 5.47. The highest BCUT2D eigenvalue weighted by atomic mass is 16.4. The lowest BCUT2D eigenvalue weighted by Crippen LogP contribution is -2.31. The topological polar surface area (TPSA) is 80.4 Å². The standard InChI is InChI=1S/C9H16NO3/c1-6(2)5-8(11)7(10)3-4-9(12)13/h6-7H,1,3-5,10H2,2H3,(H,12,13)/t6?,7-/m0/s1. The van der Waals surface area contributed by atoms with Crippen molar-refractivity contribution in [3.05, 3.63) is 6.92 Å². The molecule has 0 saturated carbocycles. The molecule has 0 amide bonds. The first-order valence-electron chi connectivity index (χ1n) is 4.26. The Morgan fingerprint density at radius 2 is 2.08 bits per heavy atom. The molecule has 1 radical (unpaired) electrons. The van der Waals surface area contributed by atoms with Crippen LogP contribution in [0.2, 0.25) is 0 Å². The molecule has 13 heavy (non-hydrogen) atoms. The van der Waals surface area contributed by atoms with Crippen molar-refractivity contribution < 1.29 is 14.7 Å². The summed E-state index contributed by atoms with van der Waals surface area (Å²) < 4.78 is 0. The smallest absolute Gasteiger partial charge is 0.303 e. The third-order valence-electron chi connectivity index (χ3n) is 1.63. The minimum Gasteiger partial charge on any atom is -0.481 e. The maximum atomic E-state index is 11.2. The molecule has 1 unspecified atom stereocenters. The van der Waals surface area contributed by atoms with Crippen molar-refractivity contribution in [2.24, 2.45) is 11.7 Å². The highest BCUT2D eigenvalue weighted by Gasteiger charge is 2.15. The minimum atomic E-state index is -0.925. The predicted octanol–water partition coefficient (Wildman–Crippen LogP) is 0.608. The molecule has 2 atom stereocenters. The van der Waals surface area contributed by atoms with Crippen molar-refractivity contribution in [3.8, 4) is 0 Å². The van der Waals surface area contributed by atoms with Crippen molar-refractivity contribution >= 4 is 11.8 Å². The van der Waals surface area contributed by atoms with E-state index in [1.165, 1.54) is 0 Å². The van der Waals surface area contributed by atoms with Gasteiger partial charge in [-0.1, -0.05) is 13.8 Å². The molecule has 0 aromatic rings. The fraction of sp³-hybridized carbons (Fsp3) is 0.667. The zero-order valence-corrected chi connectivity index (χ0v) is 7.82. The van der Waals surface area contributed by atoms with Gasteiger partial charge in [-0.15, -0.1) is 0 Å². The molecule has 0 bridgehead atoms. The Labute approximate surface area is 78.1 Å². The molecule has 4 nitrogen and oxygen atoms in total. The van der Waals surface area contributed by atoms with Crippen LogP contribution >= 0.6 is 0 Å². The summed E-state index contributed by atoms with van der Waals surface area (Å²) in [5, 5.41) is 8.35. The Morgan fingerprint density at radius 3 is 2.46 bits per heavy atom. The number of carboxylic acid groups (broad SMARTS) is 1. The van der Waals surface area contributed by atoms with Gasteiger partial charge in [0, 0.05) is 12.8 Å². The molecule has 0 heterocycles. The van der Waals surface area contributed by atoms with Gasteiger partial charge in [-0.05, 0) is 12.3 Å². The number of carboxylic acids is 1.